The standard InChI is InChI=1S/C14H29NO/c1-14(2,3)8-9-15-10-12-16-11-7-13-5-4-6-13/h13,15H,4-12H2,1-3H3. The molecule has 0 spiro atoms. The number of hydrogen-bond donors (Lipinski definition) is 1. The third-order valence-corrected chi connectivity index (χ3v) is 3.37. The zero-order valence-electron chi connectivity index (χ0n) is 11.3. The van der Waals surface area contributed by atoms with Gasteiger partial charge in [0.1, 0.15) is 0 Å². The van der Waals surface area contributed by atoms with Crippen LogP contribution in [0.2, 0.25) is 0 Å². The average molecular weight is 227 g/mol. The summed E-state index contributed by atoms with van der Waals surface area (Å²) >= 11 is 0. The lowest BCUT2D eigenvalue weighted by molar-refractivity contribution is 0.108. The van der Waals surface area contributed by atoms with Crippen LogP contribution in [0.1, 0.15) is 52.9 Å². The number of ether oxygens (including phenoxy) is 1. The van der Waals surface area contributed by atoms with E-state index in [4.69, 9.17) is 4.74 Å². The molecule has 1 rings (SSSR count). The molecule has 2 nitrogen and oxygen atoms in total. The highest BCUT2D eigenvalue weighted by Gasteiger charge is 2.16. The van der Waals surface area contributed by atoms with Crippen LogP contribution in [-0.4, -0.2) is 26.3 Å². The summed E-state index contributed by atoms with van der Waals surface area (Å²) in [6, 6.07) is 0. The molecule has 0 amide bonds. The van der Waals surface area contributed by atoms with Gasteiger partial charge in [0.15, 0.2) is 0 Å². The maximum atomic E-state index is 5.61. The van der Waals surface area contributed by atoms with Crippen molar-refractivity contribution in [1.82, 2.24) is 5.32 Å². The SMILES string of the molecule is CC(C)(C)CCNCCOCCC1CCC1. The van der Waals surface area contributed by atoms with Gasteiger partial charge in [0, 0.05) is 13.2 Å². The van der Waals surface area contributed by atoms with Crippen LogP contribution in [0.4, 0.5) is 0 Å². The molecule has 0 saturated heterocycles. The molecular weight excluding hydrogens is 198 g/mol. The molecule has 1 aliphatic carbocycles. The summed E-state index contributed by atoms with van der Waals surface area (Å²) < 4.78 is 5.61. The van der Waals surface area contributed by atoms with Gasteiger partial charge in [-0.1, -0.05) is 40.0 Å². The number of nitrogens with one attached hydrogen (secondary N) is 1. The predicted molar refractivity (Wildman–Crippen MR) is 69.7 cm³/mol. The minimum atomic E-state index is 0.443. The first kappa shape index (κ1) is 14.0. The molecule has 0 aromatic carbocycles. The van der Waals surface area contributed by atoms with Crippen LogP contribution >= 0.6 is 0 Å². The van der Waals surface area contributed by atoms with Crippen molar-refractivity contribution >= 4 is 0 Å². The molecule has 0 aliphatic heterocycles. The molecule has 1 N–H and O–H groups in total. The van der Waals surface area contributed by atoms with Crippen molar-refractivity contribution < 1.29 is 4.74 Å². The summed E-state index contributed by atoms with van der Waals surface area (Å²) in [6.07, 6.45) is 6.83. The molecule has 1 saturated carbocycles. The van der Waals surface area contributed by atoms with Crippen LogP contribution in [0.5, 0.6) is 0 Å². The number of rotatable bonds is 8. The Balaban J connectivity index is 1.74. The Morgan fingerprint density at radius 3 is 2.44 bits per heavy atom. The topological polar surface area (TPSA) is 21.3 Å². The van der Waals surface area contributed by atoms with E-state index in [0.717, 1.165) is 32.2 Å². The lowest BCUT2D eigenvalue weighted by atomic mass is 9.83. The van der Waals surface area contributed by atoms with E-state index in [1.807, 2.05) is 0 Å². The van der Waals surface area contributed by atoms with Crippen LogP contribution in [0.25, 0.3) is 0 Å². The van der Waals surface area contributed by atoms with E-state index in [2.05, 4.69) is 26.1 Å². The van der Waals surface area contributed by atoms with Crippen LogP contribution < -0.4 is 5.32 Å². The first-order valence-corrected chi connectivity index (χ1v) is 6.86. The van der Waals surface area contributed by atoms with E-state index in [1.54, 1.807) is 0 Å². The van der Waals surface area contributed by atoms with Gasteiger partial charge in [-0.2, -0.15) is 0 Å². The number of hydrogen-bond acceptors (Lipinski definition) is 2. The van der Waals surface area contributed by atoms with Crippen molar-refractivity contribution in [3.63, 3.8) is 0 Å². The molecule has 2 heteroatoms. The van der Waals surface area contributed by atoms with Crippen molar-refractivity contribution in [3.05, 3.63) is 0 Å². The molecule has 0 heterocycles. The molecule has 1 fully saturated rings. The smallest absolute Gasteiger partial charge is 0.0590 e. The van der Waals surface area contributed by atoms with Gasteiger partial charge < -0.3 is 10.1 Å². The Kier molecular flexibility index (Phi) is 6.37. The Hall–Kier alpha value is -0.0800. The van der Waals surface area contributed by atoms with E-state index in [-0.39, 0.29) is 0 Å². The quantitative estimate of drug-likeness (QED) is 0.643. The summed E-state index contributed by atoms with van der Waals surface area (Å²) in [7, 11) is 0. The van der Waals surface area contributed by atoms with Gasteiger partial charge in [-0.05, 0) is 30.7 Å². The van der Waals surface area contributed by atoms with Gasteiger partial charge in [0.25, 0.3) is 0 Å². The zero-order valence-corrected chi connectivity index (χ0v) is 11.3. The fourth-order valence-electron chi connectivity index (χ4n) is 1.87. The Morgan fingerprint density at radius 1 is 1.12 bits per heavy atom. The summed E-state index contributed by atoms with van der Waals surface area (Å²) in [5, 5.41) is 3.43. The highest BCUT2D eigenvalue weighted by molar-refractivity contribution is 4.68. The first-order valence-electron chi connectivity index (χ1n) is 6.86. The van der Waals surface area contributed by atoms with Gasteiger partial charge in [0.2, 0.25) is 0 Å². The molecule has 0 aromatic heterocycles. The normalized spacial score (nSPS) is 17.4. The van der Waals surface area contributed by atoms with Crippen molar-refractivity contribution in [3.8, 4) is 0 Å². The predicted octanol–water partition coefficient (Wildman–Crippen LogP) is 3.22. The monoisotopic (exact) mass is 227 g/mol. The van der Waals surface area contributed by atoms with Gasteiger partial charge in [-0.3, -0.25) is 0 Å². The molecule has 96 valence electrons. The third-order valence-electron chi connectivity index (χ3n) is 3.37. The largest absolute Gasteiger partial charge is 0.380 e. The van der Waals surface area contributed by atoms with Gasteiger partial charge in [-0.25, -0.2) is 0 Å². The van der Waals surface area contributed by atoms with E-state index in [1.165, 1.54) is 32.1 Å². The van der Waals surface area contributed by atoms with Crippen LogP contribution in [0.15, 0.2) is 0 Å². The second-order valence-corrected chi connectivity index (χ2v) is 6.26. The van der Waals surface area contributed by atoms with Crippen LogP contribution in [0, 0.1) is 11.3 Å². The summed E-state index contributed by atoms with van der Waals surface area (Å²) in [6.45, 7) is 10.8. The maximum absolute atomic E-state index is 5.61. The van der Waals surface area contributed by atoms with E-state index in [9.17, 15) is 0 Å². The first-order chi connectivity index (χ1) is 7.58. The molecule has 0 radical (unpaired) electrons. The average Bonchev–Trinajstić information content (AvgIpc) is 2.10. The van der Waals surface area contributed by atoms with Crippen molar-refractivity contribution in [1.29, 1.82) is 0 Å². The summed E-state index contributed by atoms with van der Waals surface area (Å²) in [5.41, 5.74) is 0.443. The van der Waals surface area contributed by atoms with Crippen molar-refractivity contribution in [2.75, 3.05) is 26.3 Å². The summed E-state index contributed by atoms with van der Waals surface area (Å²) in [5.74, 6) is 0.980. The van der Waals surface area contributed by atoms with Gasteiger partial charge in [-0.15, -0.1) is 0 Å². The lowest BCUT2D eigenvalue weighted by Gasteiger charge is -2.24. The lowest BCUT2D eigenvalue weighted by Crippen LogP contribution is -2.24. The Morgan fingerprint density at radius 2 is 1.88 bits per heavy atom. The fraction of sp³-hybridized carbons (Fsp3) is 1.00. The van der Waals surface area contributed by atoms with Crippen LogP contribution in [0.3, 0.4) is 0 Å². The van der Waals surface area contributed by atoms with Crippen molar-refractivity contribution in [2.45, 2.75) is 52.9 Å². The van der Waals surface area contributed by atoms with Crippen molar-refractivity contribution in [2.24, 2.45) is 11.3 Å². The minimum absolute atomic E-state index is 0.443. The second-order valence-electron chi connectivity index (χ2n) is 6.26. The Bertz CT molecular complexity index is 170. The van der Waals surface area contributed by atoms with E-state index >= 15 is 0 Å². The molecule has 0 aromatic rings. The fourth-order valence-corrected chi connectivity index (χ4v) is 1.87. The Labute approximate surface area is 101 Å². The van der Waals surface area contributed by atoms with E-state index in [0.29, 0.717) is 5.41 Å². The molecule has 0 unspecified atom stereocenters. The van der Waals surface area contributed by atoms with Gasteiger partial charge >= 0.3 is 0 Å². The molecular formula is C14H29NO. The third kappa shape index (κ3) is 7.24. The molecule has 16 heavy (non-hydrogen) atoms. The highest BCUT2D eigenvalue weighted by atomic mass is 16.5. The second kappa shape index (κ2) is 7.29. The zero-order chi connectivity index (χ0) is 11.9. The minimum Gasteiger partial charge on any atom is -0.380 e. The van der Waals surface area contributed by atoms with E-state index < -0.39 is 0 Å². The van der Waals surface area contributed by atoms with Crippen LogP contribution in [-0.2, 0) is 4.74 Å². The highest BCUT2D eigenvalue weighted by Crippen LogP contribution is 2.28. The molecule has 0 bridgehead atoms. The summed E-state index contributed by atoms with van der Waals surface area (Å²) in [4.78, 5) is 0. The molecule has 1 aliphatic rings. The maximum Gasteiger partial charge on any atom is 0.0590 e. The molecule has 0 atom stereocenters. The van der Waals surface area contributed by atoms with Gasteiger partial charge in [0.05, 0.1) is 6.61 Å².